The summed E-state index contributed by atoms with van der Waals surface area (Å²) in [6.45, 7) is 5.75. The molecule has 7 heteroatoms. The standard InChI is InChI=1S/C19H19N7/c1-11-21-16(9-19(22-11)26-13(3)20-12(2)24-26)14-8-15(14)17-10-25-7-5-4-6-18(25)23-17/h4-7,9-10,14-15H,8H2,1-3H3. The average Bonchev–Trinajstić information content (AvgIpc) is 3.18. The number of imidazole rings is 1. The van der Waals surface area contributed by atoms with E-state index in [-0.39, 0.29) is 0 Å². The van der Waals surface area contributed by atoms with Crippen LogP contribution in [0.5, 0.6) is 0 Å². The molecule has 0 aliphatic heterocycles. The van der Waals surface area contributed by atoms with E-state index in [1.807, 2.05) is 51.2 Å². The average molecular weight is 345 g/mol. The Bertz CT molecular complexity index is 1090. The van der Waals surface area contributed by atoms with E-state index in [1.165, 1.54) is 0 Å². The lowest BCUT2D eigenvalue weighted by atomic mass is 10.2. The first-order valence-electron chi connectivity index (χ1n) is 8.78. The van der Waals surface area contributed by atoms with E-state index in [9.17, 15) is 0 Å². The van der Waals surface area contributed by atoms with E-state index in [2.05, 4.69) is 30.6 Å². The second-order valence-electron chi connectivity index (χ2n) is 6.90. The van der Waals surface area contributed by atoms with E-state index in [0.29, 0.717) is 11.8 Å². The SMILES string of the molecule is Cc1nc(C2CC2c2cn3ccccc3n2)cc(-n2nc(C)nc2C)n1. The predicted octanol–water partition coefficient (Wildman–Crippen LogP) is 2.90. The zero-order valence-corrected chi connectivity index (χ0v) is 15.0. The number of hydrogen-bond acceptors (Lipinski definition) is 5. The van der Waals surface area contributed by atoms with Crippen molar-refractivity contribution in [3.8, 4) is 5.82 Å². The number of pyridine rings is 1. The summed E-state index contributed by atoms with van der Waals surface area (Å²) in [6.07, 6.45) is 5.22. The van der Waals surface area contributed by atoms with Crippen LogP contribution in [0.1, 0.15) is 47.1 Å². The van der Waals surface area contributed by atoms with Crippen LogP contribution < -0.4 is 0 Å². The topological polar surface area (TPSA) is 73.8 Å². The maximum absolute atomic E-state index is 4.76. The van der Waals surface area contributed by atoms with Crippen molar-refractivity contribution >= 4 is 5.65 Å². The number of aromatic nitrogens is 7. The highest BCUT2D eigenvalue weighted by Gasteiger charge is 2.42. The molecule has 0 radical (unpaired) electrons. The van der Waals surface area contributed by atoms with Crippen molar-refractivity contribution < 1.29 is 0 Å². The number of nitrogens with zero attached hydrogens (tertiary/aromatic N) is 7. The largest absolute Gasteiger partial charge is 0.307 e. The fraction of sp³-hybridized carbons (Fsp3) is 0.316. The third kappa shape index (κ3) is 2.47. The summed E-state index contributed by atoms with van der Waals surface area (Å²) < 4.78 is 3.86. The van der Waals surface area contributed by atoms with E-state index in [4.69, 9.17) is 4.98 Å². The number of hydrogen-bond donors (Lipinski definition) is 0. The normalized spacial score (nSPS) is 19.2. The number of aryl methyl sites for hydroxylation is 3. The van der Waals surface area contributed by atoms with Crippen LogP contribution in [0.15, 0.2) is 36.7 Å². The van der Waals surface area contributed by atoms with E-state index >= 15 is 0 Å². The van der Waals surface area contributed by atoms with Gasteiger partial charge in [-0.05, 0) is 39.3 Å². The van der Waals surface area contributed by atoms with Gasteiger partial charge in [-0.3, -0.25) is 0 Å². The van der Waals surface area contributed by atoms with Gasteiger partial charge < -0.3 is 4.40 Å². The highest BCUT2D eigenvalue weighted by Crippen LogP contribution is 2.53. The molecule has 0 saturated heterocycles. The van der Waals surface area contributed by atoms with Crippen molar-refractivity contribution in [3.05, 3.63) is 65.5 Å². The second kappa shape index (κ2) is 5.45. The lowest BCUT2D eigenvalue weighted by molar-refractivity contribution is 0.778. The Morgan fingerprint density at radius 3 is 2.54 bits per heavy atom. The molecular formula is C19H19N7. The molecular weight excluding hydrogens is 326 g/mol. The Balaban J connectivity index is 1.48. The molecule has 4 aromatic rings. The van der Waals surface area contributed by atoms with Gasteiger partial charge in [-0.25, -0.2) is 19.9 Å². The molecule has 7 nitrogen and oxygen atoms in total. The molecule has 5 rings (SSSR count). The Morgan fingerprint density at radius 2 is 1.77 bits per heavy atom. The minimum atomic E-state index is 0.380. The van der Waals surface area contributed by atoms with Crippen molar-refractivity contribution in [2.75, 3.05) is 0 Å². The van der Waals surface area contributed by atoms with Crippen molar-refractivity contribution in [2.45, 2.75) is 39.0 Å². The van der Waals surface area contributed by atoms with Crippen LogP contribution in [0.3, 0.4) is 0 Å². The van der Waals surface area contributed by atoms with Gasteiger partial charge in [0.2, 0.25) is 0 Å². The number of fused-ring (bicyclic) bond motifs is 1. The zero-order valence-electron chi connectivity index (χ0n) is 15.0. The van der Waals surface area contributed by atoms with Crippen LogP contribution in [0, 0.1) is 20.8 Å². The smallest absolute Gasteiger partial charge is 0.159 e. The summed E-state index contributed by atoms with van der Waals surface area (Å²) in [4.78, 5) is 18.4. The van der Waals surface area contributed by atoms with E-state index < -0.39 is 0 Å². The third-order valence-corrected chi connectivity index (χ3v) is 4.87. The Hall–Kier alpha value is -3.09. The van der Waals surface area contributed by atoms with Gasteiger partial charge in [0.05, 0.1) is 11.4 Å². The molecule has 1 aliphatic carbocycles. The molecule has 1 saturated carbocycles. The first kappa shape index (κ1) is 15.2. The fourth-order valence-corrected chi connectivity index (χ4v) is 3.59. The first-order valence-corrected chi connectivity index (χ1v) is 8.78. The van der Waals surface area contributed by atoms with Gasteiger partial charge in [0.15, 0.2) is 5.82 Å². The van der Waals surface area contributed by atoms with E-state index in [1.54, 1.807) is 4.68 Å². The highest BCUT2D eigenvalue weighted by atomic mass is 15.4. The third-order valence-electron chi connectivity index (χ3n) is 4.87. The Morgan fingerprint density at radius 1 is 0.923 bits per heavy atom. The molecule has 2 unspecified atom stereocenters. The highest BCUT2D eigenvalue weighted by molar-refractivity contribution is 5.43. The minimum absolute atomic E-state index is 0.380. The summed E-state index contributed by atoms with van der Waals surface area (Å²) in [5.41, 5.74) is 3.18. The van der Waals surface area contributed by atoms with Gasteiger partial charge in [-0.2, -0.15) is 4.68 Å². The first-order chi connectivity index (χ1) is 12.6. The van der Waals surface area contributed by atoms with Crippen LogP contribution in [-0.2, 0) is 0 Å². The summed E-state index contributed by atoms with van der Waals surface area (Å²) in [7, 11) is 0. The van der Waals surface area contributed by atoms with Crippen LogP contribution in [0.2, 0.25) is 0 Å². The molecule has 0 aromatic carbocycles. The van der Waals surface area contributed by atoms with Crippen molar-refractivity contribution in [2.24, 2.45) is 0 Å². The Labute approximate surface area is 150 Å². The molecule has 4 aromatic heterocycles. The van der Waals surface area contributed by atoms with Gasteiger partial charge in [0.1, 0.15) is 23.1 Å². The summed E-state index contributed by atoms with van der Waals surface area (Å²) in [5, 5.41) is 4.45. The molecule has 1 fully saturated rings. The lowest BCUT2D eigenvalue weighted by Crippen LogP contribution is -2.06. The molecule has 130 valence electrons. The molecule has 2 atom stereocenters. The molecule has 0 spiro atoms. The fourth-order valence-electron chi connectivity index (χ4n) is 3.59. The molecule has 26 heavy (non-hydrogen) atoms. The quantitative estimate of drug-likeness (QED) is 0.571. The van der Waals surface area contributed by atoms with Crippen LogP contribution in [-0.4, -0.2) is 34.1 Å². The molecule has 1 aliphatic rings. The maximum atomic E-state index is 4.76. The van der Waals surface area contributed by atoms with Crippen molar-refractivity contribution in [1.29, 1.82) is 0 Å². The van der Waals surface area contributed by atoms with Gasteiger partial charge in [-0.15, -0.1) is 5.10 Å². The summed E-state index contributed by atoms with van der Waals surface area (Å²) in [5.74, 6) is 3.91. The Kier molecular flexibility index (Phi) is 3.19. The summed E-state index contributed by atoms with van der Waals surface area (Å²) in [6, 6.07) is 8.10. The summed E-state index contributed by atoms with van der Waals surface area (Å²) >= 11 is 0. The van der Waals surface area contributed by atoms with Gasteiger partial charge in [0, 0.05) is 30.3 Å². The van der Waals surface area contributed by atoms with Gasteiger partial charge >= 0.3 is 0 Å². The van der Waals surface area contributed by atoms with Crippen LogP contribution in [0.25, 0.3) is 11.5 Å². The number of rotatable bonds is 3. The van der Waals surface area contributed by atoms with Gasteiger partial charge in [-0.1, -0.05) is 6.07 Å². The second-order valence-corrected chi connectivity index (χ2v) is 6.90. The molecule has 0 bridgehead atoms. The molecule has 0 N–H and O–H groups in total. The monoisotopic (exact) mass is 345 g/mol. The van der Waals surface area contributed by atoms with Gasteiger partial charge in [0.25, 0.3) is 0 Å². The zero-order chi connectivity index (χ0) is 17.8. The predicted molar refractivity (Wildman–Crippen MR) is 96.5 cm³/mol. The maximum Gasteiger partial charge on any atom is 0.159 e. The van der Waals surface area contributed by atoms with E-state index in [0.717, 1.165) is 46.7 Å². The lowest BCUT2D eigenvalue weighted by Gasteiger charge is -2.06. The van der Waals surface area contributed by atoms with Crippen molar-refractivity contribution in [1.82, 2.24) is 34.1 Å². The molecule has 4 heterocycles. The van der Waals surface area contributed by atoms with Crippen LogP contribution >= 0.6 is 0 Å². The molecule has 0 amide bonds. The van der Waals surface area contributed by atoms with Crippen molar-refractivity contribution in [3.63, 3.8) is 0 Å². The van der Waals surface area contributed by atoms with Crippen LogP contribution in [0.4, 0.5) is 0 Å². The minimum Gasteiger partial charge on any atom is -0.307 e.